The molecule has 0 saturated heterocycles. The Morgan fingerprint density at radius 3 is 2.20 bits per heavy atom. The van der Waals surface area contributed by atoms with Crippen LogP contribution in [0.25, 0.3) is 0 Å². The smallest absolute Gasteiger partial charge is 0.323 e. The third-order valence-electron chi connectivity index (χ3n) is 3.50. The highest BCUT2D eigenvalue weighted by molar-refractivity contribution is 5.94. The van der Waals surface area contributed by atoms with Crippen LogP contribution in [0.2, 0.25) is 0 Å². The lowest BCUT2D eigenvalue weighted by Gasteiger charge is -2.20. The monoisotopic (exact) mass is 348 g/mol. The minimum Gasteiger partial charge on any atom is -0.497 e. The SMILES string of the molecule is COc1cc(CN(CC(=O)O)C(=O)c2oc(C)nc2C)cc(OC)c1. The third-order valence-corrected chi connectivity index (χ3v) is 3.50. The second-order valence-corrected chi connectivity index (χ2v) is 5.42. The molecule has 0 bridgehead atoms. The zero-order valence-electron chi connectivity index (χ0n) is 14.5. The molecule has 1 N–H and O–H groups in total. The van der Waals surface area contributed by atoms with Crippen molar-refractivity contribution in [3.63, 3.8) is 0 Å². The largest absolute Gasteiger partial charge is 0.497 e. The number of nitrogens with zero attached hydrogens (tertiary/aromatic N) is 2. The van der Waals surface area contributed by atoms with Gasteiger partial charge in [-0.25, -0.2) is 4.98 Å². The van der Waals surface area contributed by atoms with Gasteiger partial charge < -0.3 is 23.9 Å². The lowest BCUT2D eigenvalue weighted by molar-refractivity contribution is -0.137. The molecule has 0 aliphatic rings. The molecule has 0 saturated carbocycles. The molecule has 134 valence electrons. The molecule has 8 heteroatoms. The summed E-state index contributed by atoms with van der Waals surface area (Å²) in [6, 6.07) is 5.11. The predicted octanol–water partition coefficient (Wildman–Crippen LogP) is 2.04. The van der Waals surface area contributed by atoms with E-state index in [1.165, 1.54) is 19.1 Å². The van der Waals surface area contributed by atoms with E-state index in [4.69, 9.17) is 19.0 Å². The number of carboxylic acid groups (broad SMARTS) is 1. The van der Waals surface area contributed by atoms with E-state index in [9.17, 15) is 9.59 Å². The van der Waals surface area contributed by atoms with E-state index in [1.807, 2.05) is 0 Å². The van der Waals surface area contributed by atoms with Gasteiger partial charge in [-0.05, 0) is 24.6 Å². The van der Waals surface area contributed by atoms with Gasteiger partial charge in [-0.3, -0.25) is 9.59 Å². The minimum absolute atomic E-state index is 0.0358. The minimum atomic E-state index is -1.13. The van der Waals surface area contributed by atoms with E-state index in [0.717, 1.165) is 0 Å². The van der Waals surface area contributed by atoms with Crippen LogP contribution in [0.4, 0.5) is 0 Å². The molecular formula is C17H20N2O6. The van der Waals surface area contributed by atoms with Gasteiger partial charge in [-0.1, -0.05) is 0 Å². The van der Waals surface area contributed by atoms with Crippen molar-refractivity contribution in [1.82, 2.24) is 9.88 Å². The molecule has 0 spiro atoms. The fraction of sp³-hybridized carbons (Fsp3) is 0.353. The number of carboxylic acids is 1. The number of amides is 1. The number of aromatic nitrogens is 1. The Morgan fingerprint density at radius 2 is 1.76 bits per heavy atom. The van der Waals surface area contributed by atoms with E-state index < -0.39 is 18.4 Å². The summed E-state index contributed by atoms with van der Waals surface area (Å²) in [7, 11) is 3.03. The third kappa shape index (κ3) is 4.50. The maximum Gasteiger partial charge on any atom is 0.323 e. The molecule has 0 aliphatic heterocycles. The fourth-order valence-corrected chi connectivity index (χ4v) is 2.41. The number of methoxy groups -OCH3 is 2. The number of aryl methyl sites for hydroxylation is 2. The molecule has 8 nitrogen and oxygen atoms in total. The number of ether oxygens (including phenoxy) is 2. The van der Waals surface area contributed by atoms with E-state index in [1.54, 1.807) is 32.0 Å². The van der Waals surface area contributed by atoms with Crippen LogP contribution in [0, 0.1) is 13.8 Å². The maximum absolute atomic E-state index is 12.7. The van der Waals surface area contributed by atoms with Crippen molar-refractivity contribution in [2.45, 2.75) is 20.4 Å². The molecule has 2 rings (SSSR count). The van der Waals surface area contributed by atoms with Crippen molar-refractivity contribution in [1.29, 1.82) is 0 Å². The zero-order chi connectivity index (χ0) is 18.6. The average molecular weight is 348 g/mol. The first kappa shape index (κ1) is 18.3. The van der Waals surface area contributed by atoms with Crippen LogP contribution in [-0.2, 0) is 11.3 Å². The number of hydrogen-bond acceptors (Lipinski definition) is 6. The van der Waals surface area contributed by atoms with Gasteiger partial charge in [0.15, 0.2) is 5.89 Å². The van der Waals surface area contributed by atoms with Crippen LogP contribution >= 0.6 is 0 Å². The normalized spacial score (nSPS) is 10.4. The van der Waals surface area contributed by atoms with E-state index in [2.05, 4.69) is 4.98 Å². The summed E-state index contributed by atoms with van der Waals surface area (Å²) in [5.41, 5.74) is 1.08. The zero-order valence-corrected chi connectivity index (χ0v) is 14.5. The molecule has 2 aromatic rings. The molecular weight excluding hydrogens is 328 g/mol. The van der Waals surface area contributed by atoms with Gasteiger partial charge in [0.1, 0.15) is 18.0 Å². The fourth-order valence-electron chi connectivity index (χ4n) is 2.41. The highest BCUT2D eigenvalue weighted by Crippen LogP contribution is 2.24. The van der Waals surface area contributed by atoms with Crippen LogP contribution in [-0.4, -0.2) is 47.6 Å². The first-order valence-electron chi connectivity index (χ1n) is 7.51. The molecule has 25 heavy (non-hydrogen) atoms. The summed E-state index contributed by atoms with van der Waals surface area (Å²) < 4.78 is 15.7. The van der Waals surface area contributed by atoms with E-state index >= 15 is 0 Å². The summed E-state index contributed by atoms with van der Waals surface area (Å²) >= 11 is 0. The molecule has 0 aliphatic carbocycles. The highest BCUT2D eigenvalue weighted by Gasteiger charge is 2.25. The van der Waals surface area contributed by atoms with Crippen molar-refractivity contribution in [2.75, 3.05) is 20.8 Å². The summed E-state index contributed by atoms with van der Waals surface area (Å²) in [4.78, 5) is 29.1. The maximum atomic E-state index is 12.7. The second-order valence-electron chi connectivity index (χ2n) is 5.42. The summed E-state index contributed by atoms with van der Waals surface area (Å²) in [6.45, 7) is 2.84. The lowest BCUT2D eigenvalue weighted by atomic mass is 10.1. The Hall–Kier alpha value is -3.03. The van der Waals surface area contributed by atoms with Gasteiger partial charge in [0.2, 0.25) is 5.76 Å². The lowest BCUT2D eigenvalue weighted by Crippen LogP contribution is -2.35. The standard InChI is InChI=1S/C17H20N2O6/c1-10-16(25-11(2)18-10)17(22)19(9-15(20)21)8-12-5-13(23-3)7-14(6-12)24-4/h5-7H,8-9H2,1-4H3,(H,20,21). The first-order valence-corrected chi connectivity index (χ1v) is 7.51. The van der Waals surface area contributed by atoms with Gasteiger partial charge in [-0.2, -0.15) is 0 Å². The average Bonchev–Trinajstić information content (AvgIpc) is 2.91. The number of hydrogen-bond donors (Lipinski definition) is 1. The summed E-state index contributed by atoms with van der Waals surface area (Å²) in [5, 5.41) is 9.14. The quantitative estimate of drug-likeness (QED) is 0.817. The number of carbonyl (C=O) groups excluding carboxylic acids is 1. The number of aliphatic carboxylic acids is 1. The Morgan fingerprint density at radius 1 is 1.16 bits per heavy atom. The van der Waals surface area contributed by atoms with Gasteiger partial charge in [0.25, 0.3) is 5.91 Å². The van der Waals surface area contributed by atoms with Crippen molar-refractivity contribution in [2.24, 2.45) is 0 Å². The number of rotatable bonds is 7. The summed E-state index contributed by atoms with van der Waals surface area (Å²) in [5.74, 6) is -0.195. The molecule has 0 unspecified atom stereocenters. The second kappa shape index (κ2) is 7.69. The van der Waals surface area contributed by atoms with Gasteiger partial charge in [-0.15, -0.1) is 0 Å². The molecule has 0 fully saturated rings. The Bertz CT molecular complexity index is 761. The first-order chi connectivity index (χ1) is 11.8. The molecule has 1 amide bonds. The number of carbonyl (C=O) groups is 2. The Balaban J connectivity index is 2.33. The van der Waals surface area contributed by atoms with Crippen molar-refractivity contribution >= 4 is 11.9 Å². The van der Waals surface area contributed by atoms with E-state index in [-0.39, 0.29) is 12.3 Å². The topological polar surface area (TPSA) is 102 Å². The molecule has 1 aromatic carbocycles. The Kier molecular flexibility index (Phi) is 5.63. The van der Waals surface area contributed by atoms with Crippen LogP contribution in [0.15, 0.2) is 22.6 Å². The summed E-state index contributed by atoms with van der Waals surface area (Å²) in [6.07, 6.45) is 0. The molecule has 0 radical (unpaired) electrons. The van der Waals surface area contributed by atoms with E-state index in [0.29, 0.717) is 28.6 Å². The van der Waals surface area contributed by atoms with Crippen molar-refractivity contribution in [3.05, 3.63) is 41.1 Å². The van der Waals surface area contributed by atoms with Crippen molar-refractivity contribution in [3.8, 4) is 11.5 Å². The molecule has 0 atom stereocenters. The number of benzene rings is 1. The number of oxazole rings is 1. The van der Waals surface area contributed by atoms with Crippen LogP contribution < -0.4 is 9.47 Å². The van der Waals surface area contributed by atoms with Gasteiger partial charge >= 0.3 is 5.97 Å². The van der Waals surface area contributed by atoms with Crippen LogP contribution in [0.3, 0.4) is 0 Å². The van der Waals surface area contributed by atoms with Crippen LogP contribution in [0.5, 0.6) is 11.5 Å². The van der Waals surface area contributed by atoms with Crippen LogP contribution in [0.1, 0.15) is 27.7 Å². The van der Waals surface area contributed by atoms with Gasteiger partial charge in [0.05, 0.1) is 19.9 Å². The van der Waals surface area contributed by atoms with Gasteiger partial charge in [0, 0.05) is 19.5 Å². The van der Waals surface area contributed by atoms with Crippen molar-refractivity contribution < 1.29 is 28.6 Å². The Labute approximate surface area is 145 Å². The molecule has 1 aromatic heterocycles. The highest BCUT2D eigenvalue weighted by atomic mass is 16.5. The predicted molar refractivity (Wildman–Crippen MR) is 87.9 cm³/mol. The molecule has 1 heterocycles.